The number of aromatic nitrogens is 2. The molecule has 1 unspecified atom stereocenters. The molecule has 2 aromatic rings. The Morgan fingerprint density at radius 1 is 1.18 bits per heavy atom. The van der Waals surface area contributed by atoms with Gasteiger partial charge in [0.1, 0.15) is 5.82 Å². The molecule has 1 saturated heterocycles. The largest absolute Gasteiger partial charge is 0.362 e. The molecule has 0 N–H and O–H groups in total. The highest BCUT2D eigenvalue weighted by atomic mass is 35.5. The summed E-state index contributed by atoms with van der Waals surface area (Å²) in [7, 11) is 8.45. The van der Waals surface area contributed by atoms with Crippen molar-refractivity contribution in [2.24, 2.45) is 13.0 Å². The molecule has 0 saturated carbocycles. The lowest BCUT2D eigenvalue weighted by atomic mass is 9.75. The topological polar surface area (TPSA) is 33.5 Å². The zero-order chi connectivity index (χ0) is 20.1. The Morgan fingerprint density at radius 2 is 1.86 bits per heavy atom. The lowest BCUT2D eigenvalue weighted by Crippen LogP contribution is -2.46. The van der Waals surface area contributed by atoms with Crippen molar-refractivity contribution in [2.45, 2.75) is 24.9 Å². The van der Waals surface area contributed by atoms with Crippen LogP contribution in [-0.2, 0) is 17.4 Å². The fourth-order valence-corrected chi connectivity index (χ4v) is 4.39. The predicted octanol–water partition coefficient (Wildman–Crippen LogP) is 3.63. The number of rotatable bonds is 8. The van der Waals surface area contributed by atoms with E-state index in [2.05, 4.69) is 54.7 Å². The van der Waals surface area contributed by atoms with E-state index < -0.39 is 5.60 Å². The molecule has 1 aromatic heterocycles. The van der Waals surface area contributed by atoms with Gasteiger partial charge >= 0.3 is 0 Å². The first kappa shape index (κ1) is 21.3. The van der Waals surface area contributed by atoms with Crippen LogP contribution in [0.1, 0.15) is 30.7 Å². The van der Waals surface area contributed by atoms with Gasteiger partial charge in [-0.3, -0.25) is 0 Å². The van der Waals surface area contributed by atoms with E-state index in [1.165, 1.54) is 0 Å². The van der Waals surface area contributed by atoms with Crippen LogP contribution in [0, 0.1) is 5.92 Å². The first-order valence-electron chi connectivity index (χ1n) is 10.1. The molecule has 1 atom stereocenters. The zero-order valence-corrected chi connectivity index (χ0v) is 18.3. The van der Waals surface area contributed by atoms with Crippen molar-refractivity contribution in [2.75, 3.05) is 47.4 Å². The van der Waals surface area contributed by atoms with E-state index in [4.69, 9.17) is 21.3 Å². The molecule has 2 heterocycles. The van der Waals surface area contributed by atoms with Gasteiger partial charge in [0.25, 0.3) is 0 Å². The number of aryl methyl sites for hydroxylation is 1. The van der Waals surface area contributed by atoms with E-state index in [1.807, 2.05) is 24.5 Å². The van der Waals surface area contributed by atoms with Gasteiger partial charge in [-0.2, -0.15) is 0 Å². The summed E-state index contributed by atoms with van der Waals surface area (Å²) in [5, 5.41) is 0.744. The van der Waals surface area contributed by atoms with Gasteiger partial charge in [-0.15, -0.1) is 0 Å². The molecule has 154 valence electrons. The van der Waals surface area contributed by atoms with Crippen molar-refractivity contribution in [3.8, 4) is 0 Å². The van der Waals surface area contributed by atoms with Crippen molar-refractivity contribution < 1.29 is 4.74 Å². The van der Waals surface area contributed by atoms with Gasteiger partial charge < -0.3 is 19.1 Å². The number of imidazole rings is 1. The van der Waals surface area contributed by atoms with Gasteiger partial charge in [-0.05, 0) is 77.7 Å². The summed E-state index contributed by atoms with van der Waals surface area (Å²) < 4.78 is 8.94. The Hall–Kier alpha value is -1.40. The van der Waals surface area contributed by atoms with Gasteiger partial charge in [0, 0.05) is 37.0 Å². The Kier molecular flexibility index (Phi) is 7.15. The second-order valence-electron chi connectivity index (χ2n) is 8.19. The minimum atomic E-state index is -0.559. The molecule has 0 radical (unpaired) electrons. The zero-order valence-electron chi connectivity index (χ0n) is 17.6. The van der Waals surface area contributed by atoms with E-state index in [0.29, 0.717) is 12.5 Å². The van der Waals surface area contributed by atoms with Crippen molar-refractivity contribution in [1.82, 2.24) is 19.4 Å². The smallest absolute Gasteiger partial charge is 0.153 e. The lowest BCUT2D eigenvalue weighted by molar-refractivity contribution is -0.0859. The molecular formula is C22H33ClN4O. The van der Waals surface area contributed by atoms with Crippen LogP contribution in [0.25, 0.3) is 0 Å². The Balaban J connectivity index is 2.02. The monoisotopic (exact) mass is 404 g/mol. The molecule has 0 amide bonds. The molecule has 28 heavy (non-hydrogen) atoms. The summed E-state index contributed by atoms with van der Waals surface area (Å²) in [6, 6.07) is 8.15. The summed E-state index contributed by atoms with van der Waals surface area (Å²) >= 11 is 6.21. The summed E-state index contributed by atoms with van der Waals surface area (Å²) in [6.45, 7) is 3.85. The highest BCUT2D eigenvalue weighted by Gasteiger charge is 2.47. The van der Waals surface area contributed by atoms with E-state index >= 15 is 0 Å². The molecule has 0 spiro atoms. The third-order valence-electron chi connectivity index (χ3n) is 5.80. The molecule has 6 heteroatoms. The van der Waals surface area contributed by atoms with Crippen molar-refractivity contribution in [3.63, 3.8) is 0 Å². The van der Waals surface area contributed by atoms with E-state index in [0.717, 1.165) is 55.3 Å². The normalized spacial score (nSPS) is 18.5. The molecule has 3 rings (SSSR count). The Morgan fingerprint density at radius 3 is 2.43 bits per heavy atom. The molecule has 5 nitrogen and oxygen atoms in total. The lowest BCUT2D eigenvalue weighted by Gasteiger charge is -2.44. The quantitative estimate of drug-likeness (QED) is 0.629. The van der Waals surface area contributed by atoms with Crippen LogP contribution in [0.15, 0.2) is 36.7 Å². The molecule has 0 aliphatic carbocycles. The third kappa shape index (κ3) is 4.60. The second-order valence-corrected chi connectivity index (χ2v) is 8.62. The fraction of sp³-hybridized carbons (Fsp3) is 0.591. The van der Waals surface area contributed by atoms with Crippen LogP contribution in [0.4, 0.5) is 0 Å². The van der Waals surface area contributed by atoms with Crippen LogP contribution in [0.2, 0.25) is 5.02 Å². The SMILES string of the molecule is CN(C)CCCOC(c1ccc(Cl)cc1)(c1nccn1C)C1CCN(C)CC1. The first-order chi connectivity index (χ1) is 13.4. The first-order valence-corrected chi connectivity index (χ1v) is 10.5. The number of nitrogens with zero attached hydrogens (tertiary/aromatic N) is 4. The maximum atomic E-state index is 6.83. The summed E-state index contributed by atoms with van der Waals surface area (Å²) in [4.78, 5) is 9.37. The number of ether oxygens (including phenoxy) is 1. The second kappa shape index (κ2) is 9.40. The predicted molar refractivity (Wildman–Crippen MR) is 115 cm³/mol. The van der Waals surface area contributed by atoms with Gasteiger partial charge in [0.15, 0.2) is 5.60 Å². The van der Waals surface area contributed by atoms with Crippen LogP contribution >= 0.6 is 11.6 Å². The van der Waals surface area contributed by atoms with Crippen LogP contribution < -0.4 is 0 Å². The van der Waals surface area contributed by atoms with Crippen LogP contribution in [0.5, 0.6) is 0 Å². The number of benzene rings is 1. The van der Waals surface area contributed by atoms with Crippen molar-refractivity contribution in [1.29, 1.82) is 0 Å². The van der Waals surface area contributed by atoms with Crippen LogP contribution in [0.3, 0.4) is 0 Å². The van der Waals surface area contributed by atoms with E-state index in [1.54, 1.807) is 0 Å². The average molecular weight is 405 g/mol. The maximum absolute atomic E-state index is 6.83. The Labute approximate surface area is 174 Å². The fourth-order valence-electron chi connectivity index (χ4n) is 4.26. The maximum Gasteiger partial charge on any atom is 0.153 e. The average Bonchev–Trinajstić information content (AvgIpc) is 3.10. The van der Waals surface area contributed by atoms with Crippen LogP contribution in [-0.4, -0.2) is 66.7 Å². The minimum Gasteiger partial charge on any atom is -0.362 e. The van der Waals surface area contributed by atoms with Crippen molar-refractivity contribution >= 4 is 11.6 Å². The summed E-state index contributed by atoms with van der Waals surface area (Å²) in [5.74, 6) is 1.35. The van der Waals surface area contributed by atoms with E-state index in [9.17, 15) is 0 Å². The molecule has 1 fully saturated rings. The highest BCUT2D eigenvalue weighted by molar-refractivity contribution is 6.30. The number of hydrogen-bond acceptors (Lipinski definition) is 4. The third-order valence-corrected chi connectivity index (χ3v) is 6.05. The molecule has 1 aliphatic rings. The minimum absolute atomic E-state index is 0.366. The van der Waals surface area contributed by atoms with Crippen molar-refractivity contribution in [3.05, 3.63) is 53.1 Å². The number of hydrogen-bond donors (Lipinski definition) is 0. The number of halogens is 1. The van der Waals surface area contributed by atoms with Gasteiger partial charge in [-0.25, -0.2) is 4.98 Å². The van der Waals surface area contributed by atoms with Gasteiger partial charge in [0.2, 0.25) is 0 Å². The van der Waals surface area contributed by atoms with E-state index in [-0.39, 0.29) is 0 Å². The highest BCUT2D eigenvalue weighted by Crippen LogP contribution is 2.44. The molecule has 1 aliphatic heterocycles. The Bertz CT molecular complexity index is 737. The molecule has 0 bridgehead atoms. The molecular weight excluding hydrogens is 372 g/mol. The number of piperidine rings is 1. The standard InChI is InChI=1S/C22H33ClN4O/c1-25(2)13-5-17-28-22(21-24-12-16-27(21)4,18-6-8-20(23)9-7-18)19-10-14-26(3)15-11-19/h6-9,12,16,19H,5,10-11,13-15,17H2,1-4H3. The molecule has 1 aromatic carbocycles. The van der Waals surface area contributed by atoms with Gasteiger partial charge in [0.05, 0.1) is 0 Å². The summed E-state index contributed by atoms with van der Waals surface area (Å²) in [6.07, 6.45) is 7.04. The number of likely N-dealkylation sites (tertiary alicyclic amines) is 1. The van der Waals surface area contributed by atoms with Gasteiger partial charge in [-0.1, -0.05) is 23.7 Å². The summed E-state index contributed by atoms with van der Waals surface area (Å²) in [5.41, 5.74) is 0.585.